The summed E-state index contributed by atoms with van der Waals surface area (Å²) >= 11 is 0. The Hall–Kier alpha value is -2.07. The summed E-state index contributed by atoms with van der Waals surface area (Å²) in [5, 5.41) is 1.35. The van der Waals surface area contributed by atoms with Crippen LogP contribution in [0.2, 0.25) is 0 Å². The number of hydrogen-bond acceptors (Lipinski definition) is 2. The van der Waals surface area contributed by atoms with Crippen molar-refractivity contribution in [2.45, 2.75) is 39.7 Å². The van der Waals surface area contributed by atoms with E-state index >= 15 is 0 Å². The lowest BCUT2D eigenvalue weighted by atomic mass is 9.79. The highest BCUT2D eigenvalue weighted by Gasteiger charge is 2.37. The Bertz CT molecular complexity index is 846. The van der Waals surface area contributed by atoms with Gasteiger partial charge in [-0.1, -0.05) is 25.1 Å². The highest BCUT2D eigenvalue weighted by molar-refractivity contribution is 5.99. The van der Waals surface area contributed by atoms with E-state index < -0.39 is 0 Å². The first kappa shape index (κ1) is 17.3. The molecule has 1 aliphatic carbocycles. The molecule has 0 radical (unpaired) electrons. The van der Waals surface area contributed by atoms with Crippen LogP contribution in [0.25, 0.3) is 16.5 Å². The number of rotatable bonds is 5. The summed E-state index contributed by atoms with van der Waals surface area (Å²) in [6.07, 6.45) is 6.60. The number of aromatic amines is 1. The third-order valence-corrected chi connectivity index (χ3v) is 6.03. The SMILES string of the molecule is CCCN1CC(C(=O)N(CC)CC)C=C2c3cccc4[nH]cc(c34)CC21. The van der Waals surface area contributed by atoms with Crippen molar-refractivity contribution in [1.82, 2.24) is 14.8 Å². The van der Waals surface area contributed by atoms with Crippen LogP contribution in [0.1, 0.15) is 38.3 Å². The molecule has 2 unspecified atom stereocenters. The molecule has 1 amide bonds. The van der Waals surface area contributed by atoms with Crippen molar-refractivity contribution in [3.63, 3.8) is 0 Å². The van der Waals surface area contributed by atoms with Crippen molar-refractivity contribution in [1.29, 1.82) is 0 Å². The zero-order valence-electron chi connectivity index (χ0n) is 16.1. The highest BCUT2D eigenvalue weighted by atomic mass is 16.2. The molecule has 4 nitrogen and oxygen atoms in total. The molecular weight excluding hydrogens is 322 g/mol. The number of aromatic nitrogens is 1. The molecule has 1 aliphatic heterocycles. The van der Waals surface area contributed by atoms with E-state index in [1.807, 2.05) is 4.90 Å². The summed E-state index contributed by atoms with van der Waals surface area (Å²) in [5.74, 6) is 0.234. The molecule has 2 atom stereocenters. The molecule has 0 bridgehead atoms. The van der Waals surface area contributed by atoms with Crippen molar-refractivity contribution in [3.05, 3.63) is 41.6 Å². The smallest absolute Gasteiger partial charge is 0.230 e. The predicted molar refractivity (Wildman–Crippen MR) is 107 cm³/mol. The van der Waals surface area contributed by atoms with Crippen LogP contribution in [0.15, 0.2) is 30.5 Å². The molecule has 138 valence electrons. The van der Waals surface area contributed by atoms with Gasteiger partial charge >= 0.3 is 0 Å². The van der Waals surface area contributed by atoms with E-state index in [1.54, 1.807) is 0 Å². The third kappa shape index (κ3) is 2.67. The maximum absolute atomic E-state index is 13.1. The van der Waals surface area contributed by atoms with Gasteiger partial charge < -0.3 is 9.88 Å². The number of carbonyl (C=O) groups excluding carboxylic acids is 1. The number of nitrogens with zero attached hydrogens (tertiary/aromatic N) is 2. The van der Waals surface area contributed by atoms with Crippen molar-refractivity contribution in [3.8, 4) is 0 Å². The van der Waals surface area contributed by atoms with Crippen LogP contribution in [-0.4, -0.2) is 52.9 Å². The minimum atomic E-state index is -0.0385. The maximum Gasteiger partial charge on any atom is 0.230 e. The molecule has 4 heteroatoms. The van der Waals surface area contributed by atoms with Gasteiger partial charge in [0.1, 0.15) is 0 Å². The highest BCUT2D eigenvalue weighted by Crippen LogP contribution is 2.41. The fourth-order valence-electron chi connectivity index (χ4n) is 4.78. The number of H-pyrrole nitrogens is 1. The second-order valence-corrected chi connectivity index (χ2v) is 7.50. The van der Waals surface area contributed by atoms with E-state index in [1.165, 1.54) is 27.6 Å². The van der Waals surface area contributed by atoms with E-state index in [4.69, 9.17) is 0 Å². The Kier molecular flexibility index (Phi) is 4.62. The number of nitrogens with one attached hydrogen (secondary N) is 1. The van der Waals surface area contributed by atoms with Crippen molar-refractivity contribution >= 4 is 22.4 Å². The zero-order chi connectivity index (χ0) is 18.3. The quantitative estimate of drug-likeness (QED) is 0.892. The third-order valence-electron chi connectivity index (χ3n) is 6.03. The summed E-state index contributed by atoms with van der Waals surface area (Å²) in [6.45, 7) is 9.81. The summed E-state index contributed by atoms with van der Waals surface area (Å²) in [5.41, 5.74) is 5.28. The lowest BCUT2D eigenvalue weighted by Crippen LogP contribution is -2.49. The van der Waals surface area contributed by atoms with E-state index in [9.17, 15) is 4.79 Å². The molecule has 1 aromatic carbocycles. The second-order valence-electron chi connectivity index (χ2n) is 7.50. The fraction of sp³-hybridized carbons (Fsp3) is 0.500. The van der Waals surface area contributed by atoms with Crippen LogP contribution in [0, 0.1) is 5.92 Å². The van der Waals surface area contributed by atoms with Gasteiger partial charge in [-0.2, -0.15) is 0 Å². The van der Waals surface area contributed by atoms with E-state index in [2.05, 4.69) is 61.1 Å². The van der Waals surface area contributed by atoms with Gasteiger partial charge in [0, 0.05) is 42.8 Å². The van der Waals surface area contributed by atoms with Crippen LogP contribution in [0.5, 0.6) is 0 Å². The van der Waals surface area contributed by atoms with Crippen molar-refractivity contribution in [2.24, 2.45) is 5.92 Å². The first-order valence-corrected chi connectivity index (χ1v) is 10.0. The Balaban J connectivity index is 1.80. The molecule has 26 heavy (non-hydrogen) atoms. The largest absolute Gasteiger partial charge is 0.361 e. The van der Waals surface area contributed by atoms with Crippen LogP contribution in [-0.2, 0) is 11.2 Å². The Labute approximate surface area is 155 Å². The van der Waals surface area contributed by atoms with Gasteiger partial charge in [0.05, 0.1) is 5.92 Å². The van der Waals surface area contributed by atoms with Gasteiger partial charge in [0.2, 0.25) is 5.91 Å². The maximum atomic E-state index is 13.1. The number of amides is 1. The molecule has 0 saturated heterocycles. The molecule has 2 aromatic rings. The molecule has 1 N–H and O–H groups in total. The number of hydrogen-bond donors (Lipinski definition) is 1. The lowest BCUT2D eigenvalue weighted by Gasteiger charge is -2.42. The summed E-state index contributed by atoms with van der Waals surface area (Å²) in [7, 11) is 0. The first-order chi connectivity index (χ1) is 12.7. The molecule has 4 rings (SSSR count). The topological polar surface area (TPSA) is 39.3 Å². The molecular formula is C22H29N3O. The van der Waals surface area contributed by atoms with E-state index in [-0.39, 0.29) is 11.8 Å². The average molecular weight is 351 g/mol. The lowest BCUT2D eigenvalue weighted by molar-refractivity contribution is -0.134. The minimum absolute atomic E-state index is 0.0385. The molecule has 0 saturated carbocycles. The van der Waals surface area contributed by atoms with Gasteiger partial charge in [-0.3, -0.25) is 9.69 Å². The molecule has 2 heterocycles. The number of benzene rings is 1. The second kappa shape index (κ2) is 6.92. The summed E-state index contributed by atoms with van der Waals surface area (Å²) in [4.78, 5) is 21.0. The normalized spacial score (nSPS) is 22.2. The number of carbonyl (C=O) groups is 1. The van der Waals surface area contributed by atoms with Gasteiger partial charge in [0.25, 0.3) is 0 Å². The van der Waals surface area contributed by atoms with Gasteiger partial charge in [-0.15, -0.1) is 0 Å². The molecule has 2 aliphatic rings. The van der Waals surface area contributed by atoms with Crippen molar-refractivity contribution < 1.29 is 4.79 Å². The molecule has 0 spiro atoms. The Morgan fingerprint density at radius 1 is 1.27 bits per heavy atom. The minimum Gasteiger partial charge on any atom is -0.361 e. The zero-order valence-corrected chi connectivity index (χ0v) is 16.1. The summed E-state index contributed by atoms with van der Waals surface area (Å²) < 4.78 is 0. The van der Waals surface area contributed by atoms with Crippen LogP contribution in [0.3, 0.4) is 0 Å². The Morgan fingerprint density at radius 2 is 2.08 bits per heavy atom. The van der Waals surface area contributed by atoms with Crippen LogP contribution < -0.4 is 0 Å². The van der Waals surface area contributed by atoms with Gasteiger partial charge in [-0.05, 0) is 56.0 Å². The van der Waals surface area contributed by atoms with Crippen LogP contribution in [0.4, 0.5) is 0 Å². The number of fused-ring (bicyclic) bond motifs is 2. The van der Waals surface area contributed by atoms with Crippen molar-refractivity contribution in [2.75, 3.05) is 26.2 Å². The van der Waals surface area contributed by atoms with Gasteiger partial charge in [-0.25, -0.2) is 0 Å². The molecule has 1 aromatic heterocycles. The standard InChI is InChI=1S/C22H29N3O/c1-4-10-25-14-16(22(26)24(5-2)6-3)11-18-17-8-7-9-19-21(17)15(13-23-19)12-20(18)25/h7-9,11,13,16,20,23H,4-6,10,12,14H2,1-3H3. The first-order valence-electron chi connectivity index (χ1n) is 10.0. The van der Waals surface area contributed by atoms with Crippen LogP contribution >= 0.6 is 0 Å². The monoisotopic (exact) mass is 351 g/mol. The van der Waals surface area contributed by atoms with E-state index in [0.29, 0.717) is 6.04 Å². The van der Waals surface area contributed by atoms with E-state index in [0.717, 1.165) is 39.0 Å². The summed E-state index contributed by atoms with van der Waals surface area (Å²) in [6, 6.07) is 6.89. The Morgan fingerprint density at radius 3 is 2.81 bits per heavy atom. The van der Waals surface area contributed by atoms with Gasteiger partial charge in [0.15, 0.2) is 0 Å². The fourth-order valence-corrected chi connectivity index (χ4v) is 4.78. The molecule has 0 fully saturated rings. The predicted octanol–water partition coefficient (Wildman–Crippen LogP) is 3.69. The average Bonchev–Trinajstić information content (AvgIpc) is 3.08.